The summed E-state index contributed by atoms with van der Waals surface area (Å²) in [6.07, 6.45) is 4.31. The Bertz CT molecular complexity index is 87.1. The highest BCUT2D eigenvalue weighted by atomic mass is 17.5. The molecule has 74 valence electrons. The molecule has 0 aliphatic carbocycles. The van der Waals surface area contributed by atoms with E-state index in [-0.39, 0.29) is 6.10 Å². The molecule has 0 aromatic rings. The standard InChI is InChI=1S/C8H18O4/c1-2-8(9)6-4-3-5-7-11-12-10/h8-10H,2-7H2,1H3. The number of hydrogen-bond donors (Lipinski definition) is 2. The molecule has 0 aliphatic rings. The molecule has 0 amide bonds. The second kappa shape index (κ2) is 8.93. The number of unbranched alkanes of at least 4 members (excludes halogenated alkanes) is 2. The molecule has 4 heteroatoms. The minimum atomic E-state index is -0.167. The van der Waals surface area contributed by atoms with Gasteiger partial charge in [0, 0.05) is 0 Å². The molecule has 1 atom stereocenters. The molecule has 0 aromatic heterocycles. The SMILES string of the molecule is CCC(O)CCCCCOOO. The van der Waals surface area contributed by atoms with Crippen LogP contribution in [0.15, 0.2) is 0 Å². The van der Waals surface area contributed by atoms with Crippen LogP contribution in [-0.2, 0) is 9.93 Å². The van der Waals surface area contributed by atoms with Crippen LogP contribution in [0.5, 0.6) is 0 Å². The minimum Gasteiger partial charge on any atom is -0.393 e. The third-order valence-corrected chi connectivity index (χ3v) is 1.79. The Morgan fingerprint density at radius 2 is 2.00 bits per heavy atom. The van der Waals surface area contributed by atoms with Crippen molar-refractivity contribution in [2.75, 3.05) is 6.61 Å². The average Bonchev–Trinajstić information content (AvgIpc) is 2.10. The normalized spacial score (nSPS) is 13.2. The summed E-state index contributed by atoms with van der Waals surface area (Å²) in [7, 11) is 0. The van der Waals surface area contributed by atoms with Crippen LogP contribution in [0.2, 0.25) is 0 Å². The quantitative estimate of drug-likeness (QED) is 0.337. The third-order valence-electron chi connectivity index (χ3n) is 1.79. The molecule has 0 saturated heterocycles. The van der Waals surface area contributed by atoms with E-state index in [0.717, 1.165) is 32.1 Å². The summed E-state index contributed by atoms with van der Waals surface area (Å²) in [4.78, 5) is 4.26. The smallest absolute Gasteiger partial charge is 0.0853 e. The van der Waals surface area contributed by atoms with Gasteiger partial charge in [-0.25, -0.2) is 10.1 Å². The molecule has 2 N–H and O–H groups in total. The van der Waals surface area contributed by atoms with Gasteiger partial charge in [-0.2, -0.15) is 0 Å². The topological polar surface area (TPSA) is 58.9 Å². The van der Waals surface area contributed by atoms with E-state index in [2.05, 4.69) is 9.93 Å². The number of hydrogen-bond acceptors (Lipinski definition) is 4. The van der Waals surface area contributed by atoms with Crippen LogP contribution in [0.1, 0.15) is 39.0 Å². The first-order valence-corrected chi connectivity index (χ1v) is 4.42. The zero-order valence-corrected chi connectivity index (χ0v) is 7.53. The molecule has 0 saturated carbocycles. The second-order valence-electron chi connectivity index (χ2n) is 2.81. The van der Waals surface area contributed by atoms with Crippen LogP contribution in [0.4, 0.5) is 0 Å². The van der Waals surface area contributed by atoms with E-state index < -0.39 is 0 Å². The van der Waals surface area contributed by atoms with Crippen molar-refractivity contribution in [3.63, 3.8) is 0 Å². The summed E-state index contributed by atoms with van der Waals surface area (Å²) >= 11 is 0. The van der Waals surface area contributed by atoms with Gasteiger partial charge >= 0.3 is 0 Å². The molecule has 0 fully saturated rings. The van der Waals surface area contributed by atoms with Crippen LogP contribution in [-0.4, -0.2) is 23.1 Å². The molecular weight excluding hydrogens is 160 g/mol. The van der Waals surface area contributed by atoms with E-state index in [0.29, 0.717) is 6.61 Å². The monoisotopic (exact) mass is 178 g/mol. The predicted octanol–water partition coefficient (Wildman–Crippen LogP) is 1.74. The lowest BCUT2D eigenvalue weighted by molar-refractivity contribution is -0.490. The molecule has 0 aromatic carbocycles. The Labute approximate surface area is 73.0 Å². The molecule has 0 rings (SSSR count). The van der Waals surface area contributed by atoms with Gasteiger partial charge in [0.15, 0.2) is 0 Å². The maximum atomic E-state index is 9.16. The van der Waals surface area contributed by atoms with E-state index in [1.54, 1.807) is 0 Å². The molecule has 4 nitrogen and oxygen atoms in total. The highest BCUT2D eigenvalue weighted by molar-refractivity contribution is 4.52. The lowest BCUT2D eigenvalue weighted by Gasteiger charge is -2.05. The van der Waals surface area contributed by atoms with Crippen LogP contribution < -0.4 is 0 Å². The van der Waals surface area contributed by atoms with Crippen LogP contribution in [0.25, 0.3) is 0 Å². The molecule has 0 radical (unpaired) electrons. The lowest BCUT2D eigenvalue weighted by Crippen LogP contribution is -2.03. The van der Waals surface area contributed by atoms with E-state index in [1.165, 1.54) is 0 Å². The molecule has 1 unspecified atom stereocenters. The van der Waals surface area contributed by atoms with Gasteiger partial charge in [0.25, 0.3) is 0 Å². The Hall–Kier alpha value is -0.160. The predicted molar refractivity (Wildman–Crippen MR) is 44.4 cm³/mol. The molecule has 0 bridgehead atoms. The van der Waals surface area contributed by atoms with Gasteiger partial charge in [-0.15, -0.1) is 0 Å². The van der Waals surface area contributed by atoms with E-state index in [1.807, 2.05) is 6.92 Å². The highest BCUT2D eigenvalue weighted by Gasteiger charge is 1.99. The molecule has 0 heterocycles. The van der Waals surface area contributed by atoms with Gasteiger partial charge in [0.05, 0.1) is 12.7 Å². The summed E-state index contributed by atoms with van der Waals surface area (Å²) in [6, 6.07) is 0. The van der Waals surface area contributed by atoms with Gasteiger partial charge in [0.1, 0.15) is 0 Å². The van der Waals surface area contributed by atoms with Gasteiger partial charge in [-0.3, -0.25) is 0 Å². The van der Waals surface area contributed by atoms with Gasteiger partial charge < -0.3 is 5.11 Å². The fourth-order valence-electron chi connectivity index (χ4n) is 0.959. The van der Waals surface area contributed by atoms with Gasteiger partial charge in [0.2, 0.25) is 0 Å². The van der Waals surface area contributed by atoms with Crippen molar-refractivity contribution in [3.8, 4) is 0 Å². The first kappa shape index (κ1) is 11.8. The Morgan fingerprint density at radius 3 is 2.58 bits per heavy atom. The molecular formula is C8H18O4. The third kappa shape index (κ3) is 7.94. The van der Waals surface area contributed by atoms with Crippen molar-refractivity contribution in [2.45, 2.75) is 45.1 Å². The number of aliphatic hydroxyl groups is 1. The minimum absolute atomic E-state index is 0.167. The van der Waals surface area contributed by atoms with Crippen molar-refractivity contribution < 1.29 is 20.3 Å². The van der Waals surface area contributed by atoms with Crippen molar-refractivity contribution in [1.29, 1.82) is 0 Å². The van der Waals surface area contributed by atoms with Crippen LogP contribution in [0.3, 0.4) is 0 Å². The summed E-state index contributed by atoms with van der Waals surface area (Å²) in [5.41, 5.74) is 0. The highest BCUT2D eigenvalue weighted by Crippen LogP contribution is 2.05. The molecule has 0 spiro atoms. The van der Waals surface area contributed by atoms with Gasteiger partial charge in [-0.1, -0.05) is 24.8 Å². The zero-order valence-electron chi connectivity index (χ0n) is 7.53. The van der Waals surface area contributed by atoms with Crippen molar-refractivity contribution in [2.24, 2.45) is 0 Å². The molecule has 0 aliphatic heterocycles. The average molecular weight is 178 g/mol. The van der Waals surface area contributed by atoms with Crippen LogP contribution in [0, 0.1) is 0 Å². The van der Waals surface area contributed by atoms with Crippen molar-refractivity contribution in [1.82, 2.24) is 0 Å². The van der Waals surface area contributed by atoms with E-state index >= 15 is 0 Å². The fraction of sp³-hybridized carbons (Fsp3) is 1.00. The Kier molecular flexibility index (Phi) is 8.81. The first-order chi connectivity index (χ1) is 5.81. The Balaban J connectivity index is 2.90. The first-order valence-electron chi connectivity index (χ1n) is 4.42. The zero-order chi connectivity index (χ0) is 9.23. The summed E-state index contributed by atoms with van der Waals surface area (Å²) in [5, 5.41) is 20.4. The van der Waals surface area contributed by atoms with E-state index in [9.17, 15) is 0 Å². The Morgan fingerprint density at radius 1 is 1.25 bits per heavy atom. The van der Waals surface area contributed by atoms with Crippen molar-refractivity contribution >= 4 is 0 Å². The molecule has 12 heavy (non-hydrogen) atoms. The van der Waals surface area contributed by atoms with Crippen LogP contribution >= 0.6 is 0 Å². The number of aliphatic hydroxyl groups excluding tert-OH is 1. The fourth-order valence-corrected chi connectivity index (χ4v) is 0.959. The lowest BCUT2D eigenvalue weighted by atomic mass is 10.1. The maximum absolute atomic E-state index is 9.16. The maximum Gasteiger partial charge on any atom is 0.0853 e. The van der Waals surface area contributed by atoms with Gasteiger partial charge in [-0.05, 0) is 19.3 Å². The van der Waals surface area contributed by atoms with Crippen molar-refractivity contribution in [3.05, 3.63) is 0 Å². The van der Waals surface area contributed by atoms with E-state index in [4.69, 9.17) is 10.4 Å². The summed E-state index contributed by atoms with van der Waals surface area (Å²) in [6.45, 7) is 2.37. The summed E-state index contributed by atoms with van der Waals surface area (Å²) < 4.78 is 0. The number of rotatable bonds is 8. The summed E-state index contributed by atoms with van der Waals surface area (Å²) in [5.74, 6) is 0. The second-order valence-corrected chi connectivity index (χ2v) is 2.81. The largest absolute Gasteiger partial charge is 0.393 e.